The number of nitrogens with zero attached hydrogens (tertiary/aromatic N) is 2. The summed E-state index contributed by atoms with van der Waals surface area (Å²) in [5.74, 6) is -8.46. The lowest BCUT2D eigenvalue weighted by molar-refractivity contribution is -0.205. The Morgan fingerprint density at radius 2 is 1.50 bits per heavy atom. The third-order valence-electron chi connectivity index (χ3n) is 8.95. The van der Waals surface area contributed by atoms with Crippen molar-refractivity contribution < 1.29 is 68.6 Å². The number of nitrogens with one attached hydrogen (secondary N) is 6. The SMILES string of the molecule is C[C@@H]1NC(=O)[C@@H]2CCCN2C(=O)[C@H](CS[C@@H]2O[C@H](CO)[C@@H](O)[C@H](O)[C@H]2O)NC(=O)[C@H](CC(=O)O)NC(=O)CNC(=O)[C@H](CCCN=C(N)N)NC(=O)CNC1=O. The Morgan fingerprint density at radius 1 is 0.857 bits per heavy atom. The van der Waals surface area contributed by atoms with Crippen molar-refractivity contribution in [1.82, 2.24) is 36.8 Å². The molecule has 3 rings (SSSR count). The number of ether oxygens (including phenoxy) is 1. The highest BCUT2D eigenvalue weighted by Gasteiger charge is 2.45. The zero-order chi connectivity index (χ0) is 41.7. The van der Waals surface area contributed by atoms with Gasteiger partial charge in [-0.25, -0.2) is 0 Å². The second-order valence-corrected chi connectivity index (χ2v) is 14.4. The van der Waals surface area contributed by atoms with Gasteiger partial charge in [0, 0.05) is 18.8 Å². The van der Waals surface area contributed by atoms with Crippen molar-refractivity contribution in [3.8, 4) is 0 Å². The van der Waals surface area contributed by atoms with E-state index in [4.69, 9.17) is 16.2 Å². The normalized spacial score (nSPS) is 31.7. The first-order valence-corrected chi connectivity index (χ1v) is 18.7. The van der Waals surface area contributed by atoms with Crippen LogP contribution in [0.2, 0.25) is 0 Å². The Kier molecular flexibility index (Phi) is 17.5. The van der Waals surface area contributed by atoms with E-state index in [0.29, 0.717) is 18.2 Å². The topological polar surface area (TPSA) is 387 Å². The van der Waals surface area contributed by atoms with Gasteiger partial charge < -0.3 is 78.5 Å². The highest BCUT2D eigenvalue weighted by atomic mass is 32.2. The van der Waals surface area contributed by atoms with E-state index >= 15 is 0 Å². The molecule has 0 aromatic heterocycles. The Balaban J connectivity index is 1.93. The Bertz CT molecular complexity index is 1500. The Hall–Kier alpha value is -4.82. The number of carbonyl (C=O) groups excluding carboxylic acids is 7. The Morgan fingerprint density at radius 3 is 2.12 bits per heavy atom. The minimum Gasteiger partial charge on any atom is -0.481 e. The summed E-state index contributed by atoms with van der Waals surface area (Å²) in [6, 6.07) is -7.05. The molecule has 24 nitrogen and oxygen atoms in total. The van der Waals surface area contributed by atoms with Crippen LogP contribution in [0.5, 0.6) is 0 Å². The number of carboxylic acids is 1. The predicted molar refractivity (Wildman–Crippen MR) is 193 cm³/mol. The van der Waals surface area contributed by atoms with Crippen molar-refractivity contribution in [1.29, 1.82) is 0 Å². The number of carbonyl (C=O) groups is 8. The summed E-state index contributed by atoms with van der Waals surface area (Å²) in [6.45, 7) is -0.748. The molecule has 56 heavy (non-hydrogen) atoms. The van der Waals surface area contributed by atoms with E-state index in [1.54, 1.807) is 0 Å². The summed E-state index contributed by atoms with van der Waals surface area (Å²) in [7, 11) is 0. The van der Waals surface area contributed by atoms with Gasteiger partial charge in [0.25, 0.3) is 0 Å². The van der Waals surface area contributed by atoms with Gasteiger partial charge in [0.05, 0.1) is 26.1 Å². The smallest absolute Gasteiger partial charge is 0.305 e. The Labute approximate surface area is 324 Å². The molecule has 7 amide bonds. The maximum Gasteiger partial charge on any atom is 0.305 e. The fourth-order valence-corrected chi connectivity index (χ4v) is 7.17. The summed E-state index contributed by atoms with van der Waals surface area (Å²) in [5.41, 5.74) is 9.30. The van der Waals surface area contributed by atoms with Gasteiger partial charge in [0.1, 0.15) is 60.1 Å². The summed E-state index contributed by atoms with van der Waals surface area (Å²) < 4.78 is 5.50. The third-order valence-corrected chi connectivity index (χ3v) is 10.2. The first-order valence-electron chi connectivity index (χ1n) is 17.7. The van der Waals surface area contributed by atoms with Crippen molar-refractivity contribution in [3.63, 3.8) is 0 Å². The fourth-order valence-electron chi connectivity index (χ4n) is 5.98. The molecule has 0 spiro atoms. The lowest BCUT2D eigenvalue weighted by atomic mass is 10.0. The van der Waals surface area contributed by atoms with Gasteiger partial charge in [-0.2, -0.15) is 0 Å². The van der Waals surface area contributed by atoms with Gasteiger partial charge in [-0.3, -0.25) is 43.3 Å². The second kappa shape index (κ2) is 21.5. The average molecular weight is 819 g/mol. The number of aliphatic imine (C=N–C) groups is 1. The summed E-state index contributed by atoms with van der Waals surface area (Å²) in [5, 5.41) is 64.3. The second-order valence-electron chi connectivity index (χ2n) is 13.2. The van der Waals surface area contributed by atoms with Crippen LogP contribution >= 0.6 is 11.8 Å². The molecule has 3 aliphatic heterocycles. The van der Waals surface area contributed by atoms with Gasteiger partial charge >= 0.3 is 5.97 Å². The first kappa shape index (κ1) is 45.6. The van der Waals surface area contributed by atoms with Crippen LogP contribution in [0.25, 0.3) is 0 Å². The quantitative estimate of drug-likeness (QED) is 0.0553. The van der Waals surface area contributed by atoms with E-state index in [1.807, 2.05) is 0 Å². The summed E-state index contributed by atoms with van der Waals surface area (Å²) in [6.07, 6.45) is -6.84. The zero-order valence-corrected chi connectivity index (χ0v) is 31.2. The van der Waals surface area contributed by atoms with Gasteiger partial charge in [0.15, 0.2) is 5.96 Å². The first-order chi connectivity index (χ1) is 26.4. The highest BCUT2D eigenvalue weighted by Crippen LogP contribution is 2.30. The number of nitrogens with two attached hydrogens (primary N) is 2. The lowest BCUT2D eigenvalue weighted by Crippen LogP contribution is -2.60. The van der Waals surface area contributed by atoms with E-state index in [-0.39, 0.29) is 38.3 Å². The summed E-state index contributed by atoms with van der Waals surface area (Å²) >= 11 is 0.691. The third kappa shape index (κ3) is 13.1. The highest BCUT2D eigenvalue weighted by molar-refractivity contribution is 7.99. The maximum atomic E-state index is 14.1. The van der Waals surface area contributed by atoms with Crippen molar-refractivity contribution in [2.45, 2.75) is 99.1 Å². The molecule has 3 saturated heterocycles. The van der Waals surface area contributed by atoms with E-state index in [0.717, 1.165) is 4.90 Å². The van der Waals surface area contributed by atoms with Gasteiger partial charge in [-0.1, -0.05) is 0 Å². The molecule has 0 unspecified atom stereocenters. The van der Waals surface area contributed by atoms with E-state index in [1.165, 1.54) is 6.92 Å². The molecule has 10 atom stereocenters. The molecule has 0 aromatic rings. The van der Waals surface area contributed by atoms with Crippen LogP contribution in [0.1, 0.15) is 39.0 Å². The summed E-state index contributed by atoms with van der Waals surface area (Å²) in [4.78, 5) is 109. The maximum absolute atomic E-state index is 14.1. The molecule has 3 heterocycles. The average Bonchev–Trinajstić information content (AvgIpc) is 3.64. The van der Waals surface area contributed by atoms with Gasteiger partial charge in [-0.05, 0) is 32.6 Å². The van der Waals surface area contributed by atoms with Crippen LogP contribution in [0.3, 0.4) is 0 Å². The number of aliphatic hydroxyl groups excluding tert-OH is 4. The molecule has 0 radical (unpaired) electrons. The van der Waals surface area contributed by atoms with Crippen molar-refractivity contribution in [2.24, 2.45) is 16.5 Å². The van der Waals surface area contributed by atoms with Gasteiger partial charge in [0.2, 0.25) is 41.4 Å². The minimum atomic E-state index is -1.82. The number of aliphatic hydroxyl groups is 4. The van der Waals surface area contributed by atoms with E-state index < -0.39 is 139 Å². The van der Waals surface area contributed by atoms with Gasteiger partial charge in [-0.15, -0.1) is 11.8 Å². The molecule has 15 N–H and O–H groups in total. The molecule has 0 bridgehead atoms. The number of guanidine groups is 1. The van der Waals surface area contributed by atoms with E-state index in [9.17, 15) is 63.9 Å². The monoisotopic (exact) mass is 818 g/mol. The largest absolute Gasteiger partial charge is 0.481 e. The van der Waals surface area contributed by atoms with Crippen LogP contribution in [0, 0.1) is 0 Å². The van der Waals surface area contributed by atoms with Crippen LogP contribution in [0.4, 0.5) is 0 Å². The number of carboxylic acid groups (broad SMARTS) is 1. The molecular weight excluding hydrogens is 768 g/mol. The fraction of sp³-hybridized carbons (Fsp3) is 0.710. The van der Waals surface area contributed by atoms with Crippen LogP contribution in [-0.4, -0.2) is 182 Å². The predicted octanol–water partition coefficient (Wildman–Crippen LogP) is -7.76. The lowest BCUT2D eigenvalue weighted by Gasteiger charge is -2.40. The molecule has 0 aromatic carbocycles. The molecule has 0 aliphatic carbocycles. The minimum absolute atomic E-state index is 0.0108. The number of fused-ring (bicyclic) bond motifs is 1. The molecule has 314 valence electrons. The number of hydrogen-bond donors (Lipinski definition) is 13. The molecule has 0 saturated carbocycles. The number of hydrogen-bond acceptors (Lipinski definition) is 15. The van der Waals surface area contributed by atoms with Crippen molar-refractivity contribution >= 4 is 65.0 Å². The van der Waals surface area contributed by atoms with Crippen LogP contribution in [0.15, 0.2) is 4.99 Å². The standard InChI is InChI=1S/C31H50N10O14S/c1-13-25(50)35-9-19(43)38-14(4-2-6-34-31(32)33)26(51)36-10-20(44)39-15(8-21(45)46)27(52)40-16(29(54)41-7-3-5-17(41)28(53)37-13)12-56-30-24(49)23(48)22(47)18(11-42)55-30/h13-18,22-24,30,42,47-49H,2-12H2,1H3,(H,35,50)(H,36,51)(H,37,53)(H,38,43)(H,39,44)(H,40,52)(H,45,46)(H4,32,33,34)/t13-,14-,15-,16-,17-,18+,22+,23-,24+,30-/m0/s1. The molecular formula is C31H50N10O14S. The molecule has 3 aliphatic rings. The number of aliphatic carboxylic acids is 1. The number of thioether (sulfide) groups is 1. The molecule has 25 heteroatoms. The number of rotatable bonds is 10. The van der Waals surface area contributed by atoms with Crippen molar-refractivity contribution in [3.05, 3.63) is 0 Å². The van der Waals surface area contributed by atoms with Crippen LogP contribution < -0.4 is 43.4 Å². The van der Waals surface area contributed by atoms with Crippen molar-refractivity contribution in [2.75, 3.05) is 38.5 Å². The number of amides is 7. The van der Waals surface area contributed by atoms with E-state index in [2.05, 4.69) is 36.9 Å². The van der Waals surface area contributed by atoms with Crippen LogP contribution in [-0.2, 0) is 43.1 Å². The zero-order valence-electron chi connectivity index (χ0n) is 30.4. The molecule has 3 fully saturated rings.